The van der Waals surface area contributed by atoms with Gasteiger partial charge in [-0.15, -0.1) is 0 Å². The van der Waals surface area contributed by atoms with Crippen molar-refractivity contribution in [3.63, 3.8) is 0 Å². The highest BCUT2D eigenvalue weighted by Crippen LogP contribution is 2.11. The highest BCUT2D eigenvalue weighted by atomic mass is 16.2. The molecule has 0 aromatic carbocycles. The first kappa shape index (κ1) is 17.0. The first-order valence-corrected chi connectivity index (χ1v) is 8.27. The molecule has 2 amide bonds. The lowest BCUT2D eigenvalue weighted by atomic mass is 10.1. The van der Waals surface area contributed by atoms with Crippen LogP contribution in [0.15, 0.2) is 0 Å². The van der Waals surface area contributed by atoms with E-state index in [0.717, 1.165) is 32.2 Å². The first-order valence-electron chi connectivity index (χ1n) is 8.27. The van der Waals surface area contributed by atoms with E-state index < -0.39 is 0 Å². The second-order valence-corrected chi connectivity index (χ2v) is 5.79. The number of piperazine rings is 1. The summed E-state index contributed by atoms with van der Waals surface area (Å²) in [6, 6.07) is -0.286. The van der Waals surface area contributed by atoms with Gasteiger partial charge in [-0.25, -0.2) is 0 Å². The Labute approximate surface area is 123 Å². The van der Waals surface area contributed by atoms with Crippen LogP contribution in [0.25, 0.3) is 0 Å². The van der Waals surface area contributed by atoms with Crippen LogP contribution in [-0.4, -0.2) is 35.8 Å². The minimum Gasteiger partial charge on any atom is -0.343 e. The SMILES string of the molecule is CCCCCCCCCN1CC(=O)NC(CCC)C1=O. The quantitative estimate of drug-likeness (QED) is 0.626. The zero-order chi connectivity index (χ0) is 14.8. The highest BCUT2D eigenvalue weighted by molar-refractivity contribution is 5.94. The summed E-state index contributed by atoms with van der Waals surface area (Å²) in [6.07, 6.45) is 10.3. The number of amides is 2. The molecule has 1 heterocycles. The summed E-state index contributed by atoms with van der Waals surface area (Å²) < 4.78 is 0. The minimum absolute atomic E-state index is 0.00834. The molecule has 1 aliphatic rings. The van der Waals surface area contributed by atoms with E-state index in [9.17, 15) is 9.59 Å². The maximum absolute atomic E-state index is 12.2. The van der Waals surface area contributed by atoms with Crippen LogP contribution < -0.4 is 5.32 Å². The minimum atomic E-state index is -0.286. The Bertz CT molecular complexity index is 305. The number of unbranched alkanes of at least 4 members (excludes halogenated alkanes) is 6. The zero-order valence-electron chi connectivity index (χ0n) is 13.1. The van der Waals surface area contributed by atoms with E-state index in [2.05, 4.69) is 12.2 Å². The van der Waals surface area contributed by atoms with Gasteiger partial charge in [-0.3, -0.25) is 9.59 Å². The van der Waals surface area contributed by atoms with Crippen molar-refractivity contribution in [2.45, 2.75) is 77.7 Å². The second kappa shape index (κ2) is 9.78. The molecule has 0 saturated carbocycles. The zero-order valence-corrected chi connectivity index (χ0v) is 13.1. The maximum atomic E-state index is 12.2. The molecule has 1 rings (SSSR count). The van der Waals surface area contributed by atoms with Gasteiger partial charge in [0.1, 0.15) is 6.04 Å². The fraction of sp³-hybridized carbons (Fsp3) is 0.875. The van der Waals surface area contributed by atoms with Crippen LogP contribution >= 0.6 is 0 Å². The molecule has 4 heteroatoms. The molecular weight excluding hydrogens is 252 g/mol. The van der Waals surface area contributed by atoms with Gasteiger partial charge < -0.3 is 10.2 Å². The molecule has 0 aromatic heterocycles. The normalized spacial score (nSPS) is 19.3. The van der Waals surface area contributed by atoms with Gasteiger partial charge in [0.05, 0.1) is 6.54 Å². The third kappa shape index (κ3) is 5.93. The number of carbonyl (C=O) groups is 2. The molecule has 1 unspecified atom stereocenters. The van der Waals surface area contributed by atoms with Crippen molar-refractivity contribution in [2.24, 2.45) is 0 Å². The van der Waals surface area contributed by atoms with Crippen LogP contribution in [0.4, 0.5) is 0 Å². The Morgan fingerprint density at radius 3 is 2.30 bits per heavy atom. The van der Waals surface area contributed by atoms with E-state index in [1.807, 2.05) is 6.92 Å². The van der Waals surface area contributed by atoms with E-state index in [-0.39, 0.29) is 24.4 Å². The fourth-order valence-electron chi connectivity index (χ4n) is 2.71. The smallest absolute Gasteiger partial charge is 0.245 e. The first-order chi connectivity index (χ1) is 9.69. The Morgan fingerprint density at radius 1 is 1.00 bits per heavy atom. The average Bonchev–Trinajstić information content (AvgIpc) is 2.43. The Hall–Kier alpha value is -1.06. The van der Waals surface area contributed by atoms with Gasteiger partial charge in [0.25, 0.3) is 0 Å². The summed E-state index contributed by atoms with van der Waals surface area (Å²) in [5.41, 5.74) is 0. The summed E-state index contributed by atoms with van der Waals surface area (Å²) in [5.74, 6) is 0.100. The third-order valence-electron chi connectivity index (χ3n) is 3.89. The van der Waals surface area contributed by atoms with Crippen LogP contribution in [0.1, 0.15) is 71.6 Å². The van der Waals surface area contributed by atoms with Crippen molar-refractivity contribution in [3.05, 3.63) is 0 Å². The van der Waals surface area contributed by atoms with Gasteiger partial charge in [0, 0.05) is 6.54 Å². The molecule has 1 N–H and O–H groups in total. The van der Waals surface area contributed by atoms with Crippen molar-refractivity contribution >= 4 is 11.8 Å². The number of nitrogens with zero attached hydrogens (tertiary/aromatic N) is 1. The van der Waals surface area contributed by atoms with Crippen molar-refractivity contribution in [2.75, 3.05) is 13.1 Å². The van der Waals surface area contributed by atoms with Crippen LogP contribution in [0.3, 0.4) is 0 Å². The molecule has 1 fully saturated rings. The van der Waals surface area contributed by atoms with Gasteiger partial charge in [-0.1, -0.05) is 58.8 Å². The van der Waals surface area contributed by atoms with Crippen LogP contribution in [-0.2, 0) is 9.59 Å². The molecule has 0 bridgehead atoms. The van der Waals surface area contributed by atoms with Crippen molar-refractivity contribution in [1.29, 1.82) is 0 Å². The van der Waals surface area contributed by atoms with Gasteiger partial charge in [0.2, 0.25) is 11.8 Å². The third-order valence-corrected chi connectivity index (χ3v) is 3.89. The fourth-order valence-corrected chi connectivity index (χ4v) is 2.71. The van der Waals surface area contributed by atoms with Crippen molar-refractivity contribution in [3.8, 4) is 0 Å². The van der Waals surface area contributed by atoms with Gasteiger partial charge in [-0.05, 0) is 12.8 Å². The average molecular weight is 282 g/mol. The number of hydrogen-bond donors (Lipinski definition) is 1. The molecule has 1 aliphatic heterocycles. The summed E-state index contributed by atoms with van der Waals surface area (Å²) in [4.78, 5) is 25.5. The second-order valence-electron chi connectivity index (χ2n) is 5.79. The Morgan fingerprint density at radius 2 is 1.65 bits per heavy atom. The van der Waals surface area contributed by atoms with Gasteiger partial charge in [-0.2, -0.15) is 0 Å². The molecule has 0 aromatic rings. The predicted octanol–water partition coefficient (Wildman–Crippen LogP) is 2.86. The molecule has 0 radical (unpaired) electrons. The number of nitrogens with one attached hydrogen (secondary N) is 1. The molecule has 0 spiro atoms. The summed E-state index contributed by atoms with van der Waals surface area (Å²) in [5, 5.41) is 2.79. The Balaban J connectivity index is 2.21. The Kier molecular flexibility index (Phi) is 8.31. The lowest BCUT2D eigenvalue weighted by Gasteiger charge is -2.32. The van der Waals surface area contributed by atoms with E-state index in [4.69, 9.17) is 0 Å². The number of rotatable bonds is 10. The standard InChI is InChI=1S/C16H30N2O2/c1-3-5-6-7-8-9-10-12-18-13-15(19)17-14(11-4-2)16(18)20/h14H,3-13H2,1-2H3,(H,17,19). The molecule has 1 saturated heterocycles. The van der Waals surface area contributed by atoms with Crippen LogP contribution in [0.2, 0.25) is 0 Å². The van der Waals surface area contributed by atoms with Crippen LogP contribution in [0.5, 0.6) is 0 Å². The van der Waals surface area contributed by atoms with E-state index in [1.54, 1.807) is 4.90 Å². The molecular formula is C16H30N2O2. The molecule has 20 heavy (non-hydrogen) atoms. The summed E-state index contributed by atoms with van der Waals surface area (Å²) >= 11 is 0. The highest BCUT2D eigenvalue weighted by Gasteiger charge is 2.31. The summed E-state index contributed by atoms with van der Waals surface area (Å²) in [7, 11) is 0. The largest absolute Gasteiger partial charge is 0.343 e. The predicted molar refractivity (Wildman–Crippen MR) is 81.4 cm³/mol. The molecule has 0 aliphatic carbocycles. The van der Waals surface area contributed by atoms with Crippen molar-refractivity contribution in [1.82, 2.24) is 10.2 Å². The van der Waals surface area contributed by atoms with E-state index >= 15 is 0 Å². The van der Waals surface area contributed by atoms with E-state index in [1.165, 1.54) is 32.1 Å². The molecule has 1 atom stereocenters. The van der Waals surface area contributed by atoms with Crippen LogP contribution in [0, 0.1) is 0 Å². The van der Waals surface area contributed by atoms with Gasteiger partial charge >= 0.3 is 0 Å². The number of hydrogen-bond acceptors (Lipinski definition) is 2. The lowest BCUT2D eigenvalue weighted by Crippen LogP contribution is -2.58. The lowest BCUT2D eigenvalue weighted by molar-refractivity contribution is -0.144. The van der Waals surface area contributed by atoms with Gasteiger partial charge in [0.15, 0.2) is 0 Å². The van der Waals surface area contributed by atoms with Crippen molar-refractivity contribution < 1.29 is 9.59 Å². The monoisotopic (exact) mass is 282 g/mol. The number of carbonyl (C=O) groups excluding carboxylic acids is 2. The maximum Gasteiger partial charge on any atom is 0.245 e. The summed E-state index contributed by atoms with van der Waals surface area (Å²) in [6.45, 7) is 5.24. The van der Waals surface area contributed by atoms with E-state index in [0.29, 0.717) is 0 Å². The molecule has 116 valence electrons. The molecule has 4 nitrogen and oxygen atoms in total. The topological polar surface area (TPSA) is 49.4 Å².